The average molecular weight is 353 g/mol. The van der Waals surface area contributed by atoms with Crippen LogP contribution in [0.3, 0.4) is 0 Å². The van der Waals surface area contributed by atoms with Gasteiger partial charge in [0.2, 0.25) is 6.79 Å². The third-order valence-electron chi connectivity index (χ3n) is 4.09. The molecule has 1 aliphatic rings. The van der Waals surface area contributed by atoms with Gasteiger partial charge in [0.25, 0.3) is 0 Å². The highest BCUT2D eigenvalue weighted by Crippen LogP contribution is 2.32. The molecule has 0 amide bonds. The van der Waals surface area contributed by atoms with Crippen molar-refractivity contribution in [3.05, 3.63) is 60.6 Å². The van der Waals surface area contributed by atoms with Crippen LogP contribution in [0.5, 0.6) is 11.5 Å². The predicted octanol–water partition coefficient (Wildman–Crippen LogP) is 2.25. The van der Waals surface area contributed by atoms with Gasteiger partial charge in [-0.3, -0.25) is 9.67 Å². The first-order chi connectivity index (χ1) is 12.8. The molecular weight excluding hydrogens is 334 g/mol. The maximum atomic E-state index is 10.3. The quantitative estimate of drug-likeness (QED) is 0.702. The minimum atomic E-state index is -0.663. The maximum absolute atomic E-state index is 10.3. The number of nitrogens with zero attached hydrogens (tertiary/aromatic N) is 3. The summed E-state index contributed by atoms with van der Waals surface area (Å²) < 4.78 is 18.0. The molecule has 0 aliphatic carbocycles. The van der Waals surface area contributed by atoms with Gasteiger partial charge in [0, 0.05) is 24.2 Å². The van der Waals surface area contributed by atoms with E-state index in [2.05, 4.69) is 10.1 Å². The molecule has 3 aromatic rings. The first kappa shape index (κ1) is 16.6. The molecule has 134 valence electrons. The van der Waals surface area contributed by atoms with Crippen LogP contribution in [0.15, 0.2) is 55.0 Å². The summed E-state index contributed by atoms with van der Waals surface area (Å²) in [5.41, 5.74) is 2.91. The number of rotatable bonds is 7. The summed E-state index contributed by atoms with van der Waals surface area (Å²) in [5.74, 6) is 1.47. The lowest BCUT2D eigenvalue weighted by atomic mass is 10.2. The summed E-state index contributed by atoms with van der Waals surface area (Å²) in [6.07, 6.45) is 4.52. The van der Waals surface area contributed by atoms with E-state index in [4.69, 9.17) is 14.2 Å². The number of benzene rings is 1. The second-order valence-electron chi connectivity index (χ2n) is 5.99. The minimum absolute atomic E-state index is 0.212. The van der Waals surface area contributed by atoms with Gasteiger partial charge >= 0.3 is 0 Å². The smallest absolute Gasteiger partial charge is 0.231 e. The van der Waals surface area contributed by atoms with E-state index in [0.717, 1.165) is 28.3 Å². The topological polar surface area (TPSA) is 78.6 Å². The van der Waals surface area contributed by atoms with Crippen LogP contribution >= 0.6 is 0 Å². The minimum Gasteiger partial charge on any atom is -0.454 e. The third-order valence-corrected chi connectivity index (χ3v) is 4.09. The van der Waals surface area contributed by atoms with E-state index in [9.17, 15) is 5.11 Å². The van der Waals surface area contributed by atoms with Crippen LogP contribution < -0.4 is 9.47 Å². The van der Waals surface area contributed by atoms with Gasteiger partial charge in [-0.25, -0.2) is 0 Å². The van der Waals surface area contributed by atoms with Gasteiger partial charge in [-0.1, -0.05) is 6.07 Å². The SMILES string of the molecule is OC(COCc1ccc2c(c1)OCO2)Cn1nccc1-c1ccncc1. The van der Waals surface area contributed by atoms with Crippen LogP contribution in [0.4, 0.5) is 0 Å². The molecule has 1 unspecified atom stereocenters. The molecule has 7 heteroatoms. The Balaban J connectivity index is 1.31. The lowest BCUT2D eigenvalue weighted by Crippen LogP contribution is -2.23. The Hall–Kier alpha value is -2.90. The van der Waals surface area contributed by atoms with Gasteiger partial charge in [0.05, 0.1) is 31.6 Å². The maximum Gasteiger partial charge on any atom is 0.231 e. The van der Waals surface area contributed by atoms with Crippen molar-refractivity contribution >= 4 is 0 Å². The van der Waals surface area contributed by atoms with E-state index in [1.807, 2.05) is 36.4 Å². The van der Waals surface area contributed by atoms with Crippen LogP contribution in [0, 0.1) is 0 Å². The van der Waals surface area contributed by atoms with E-state index in [-0.39, 0.29) is 13.4 Å². The van der Waals surface area contributed by atoms with Crippen LogP contribution in [0.25, 0.3) is 11.3 Å². The molecule has 0 saturated heterocycles. The highest BCUT2D eigenvalue weighted by molar-refractivity contribution is 5.58. The van der Waals surface area contributed by atoms with Crippen molar-refractivity contribution in [1.29, 1.82) is 0 Å². The summed E-state index contributed by atoms with van der Waals surface area (Å²) >= 11 is 0. The van der Waals surface area contributed by atoms with Gasteiger partial charge in [-0.15, -0.1) is 0 Å². The number of hydrogen-bond acceptors (Lipinski definition) is 6. The number of aromatic nitrogens is 3. The highest BCUT2D eigenvalue weighted by Gasteiger charge is 2.14. The van der Waals surface area contributed by atoms with Gasteiger partial charge < -0.3 is 19.3 Å². The number of hydrogen-bond donors (Lipinski definition) is 1. The molecule has 2 aromatic heterocycles. The van der Waals surface area contributed by atoms with Gasteiger partial charge in [0.15, 0.2) is 11.5 Å². The van der Waals surface area contributed by atoms with Crippen molar-refractivity contribution in [1.82, 2.24) is 14.8 Å². The fourth-order valence-corrected chi connectivity index (χ4v) is 2.84. The molecule has 3 heterocycles. The van der Waals surface area contributed by atoms with Crippen molar-refractivity contribution in [2.75, 3.05) is 13.4 Å². The molecule has 7 nitrogen and oxygen atoms in total. The van der Waals surface area contributed by atoms with Crippen molar-refractivity contribution in [3.63, 3.8) is 0 Å². The Morgan fingerprint density at radius 1 is 1.08 bits per heavy atom. The van der Waals surface area contributed by atoms with E-state index in [1.165, 1.54) is 0 Å². The first-order valence-electron chi connectivity index (χ1n) is 8.36. The van der Waals surface area contributed by atoms with Crippen molar-refractivity contribution in [3.8, 4) is 22.8 Å². The molecule has 1 aliphatic heterocycles. The fraction of sp³-hybridized carbons (Fsp3) is 0.263. The fourth-order valence-electron chi connectivity index (χ4n) is 2.84. The van der Waals surface area contributed by atoms with Gasteiger partial charge in [0.1, 0.15) is 0 Å². The lowest BCUT2D eigenvalue weighted by molar-refractivity contribution is 0.0189. The molecule has 0 radical (unpaired) electrons. The Labute approximate surface area is 150 Å². The molecule has 26 heavy (non-hydrogen) atoms. The number of ether oxygens (including phenoxy) is 3. The Kier molecular flexibility index (Phi) is 4.81. The number of pyridine rings is 1. The Bertz CT molecular complexity index is 866. The van der Waals surface area contributed by atoms with Gasteiger partial charge in [-0.2, -0.15) is 5.10 Å². The molecular formula is C19H19N3O4. The zero-order valence-electron chi connectivity index (χ0n) is 14.1. The summed E-state index contributed by atoms with van der Waals surface area (Å²) in [7, 11) is 0. The molecule has 1 atom stereocenters. The highest BCUT2D eigenvalue weighted by atomic mass is 16.7. The molecule has 4 rings (SSSR count). The summed E-state index contributed by atoms with van der Waals surface area (Å²) in [6, 6.07) is 11.4. The summed E-state index contributed by atoms with van der Waals surface area (Å²) in [6.45, 7) is 1.21. The first-order valence-corrected chi connectivity index (χ1v) is 8.36. The van der Waals surface area contributed by atoms with Crippen molar-refractivity contribution in [2.45, 2.75) is 19.3 Å². The van der Waals surface area contributed by atoms with E-state index in [0.29, 0.717) is 13.2 Å². The number of fused-ring (bicyclic) bond motifs is 1. The zero-order chi connectivity index (χ0) is 17.8. The second-order valence-corrected chi connectivity index (χ2v) is 5.99. The number of aliphatic hydroxyl groups excluding tert-OH is 1. The van der Waals surface area contributed by atoms with Crippen LogP contribution in [0.2, 0.25) is 0 Å². The van der Waals surface area contributed by atoms with Gasteiger partial charge in [-0.05, 0) is 35.9 Å². The van der Waals surface area contributed by atoms with Crippen LogP contribution in [-0.4, -0.2) is 39.4 Å². The molecule has 0 fully saturated rings. The van der Waals surface area contributed by atoms with E-state index < -0.39 is 6.10 Å². The summed E-state index contributed by atoms with van der Waals surface area (Å²) in [4.78, 5) is 4.02. The third kappa shape index (κ3) is 3.68. The average Bonchev–Trinajstić information content (AvgIpc) is 3.31. The monoisotopic (exact) mass is 353 g/mol. The van der Waals surface area contributed by atoms with E-state index >= 15 is 0 Å². The summed E-state index contributed by atoms with van der Waals surface area (Å²) in [5, 5.41) is 14.6. The molecule has 1 N–H and O–H groups in total. The Morgan fingerprint density at radius 2 is 1.92 bits per heavy atom. The standard InChI is InChI=1S/C19H19N3O4/c23-16(10-22-17(5-8-21-22)15-3-6-20-7-4-15)12-24-11-14-1-2-18-19(9-14)26-13-25-18/h1-9,16,23H,10-13H2. The largest absolute Gasteiger partial charge is 0.454 e. The lowest BCUT2D eigenvalue weighted by Gasteiger charge is -2.14. The van der Waals surface area contributed by atoms with Crippen molar-refractivity contribution in [2.24, 2.45) is 0 Å². The predicted molar refractivity (Wildman–Crippen MR) is 93.7 cm³/mol. The van der Waals surface area contributed by atoms with Crippen LogP contribution in [0.1, 0.15) is 5.56 Å². The Morgan fingerprint density at radius 3 is 2.81 bits per heavy atom. The van der Waals surface area contributed by atoms with E-state index in [1.54, 1.807) is 23.3 Å². The molecule has 1 aromatic carbocycles. The number of aliphatic hydroxyl groups is 1. The van der Waals surface area contributed by atoms with Crippen LogP contribution in [-0.2, 0) is 17.9 Å². The zero-order valence-corrected chi connectivity index (χ0v) is 14.1. The van der Waals surface area contributed by atoms with Crippen molar-refractivity contribution < 1.29 is 19.3 Å². The molecule has 0 bridgehead atoms. The second kappa shape index (κ2) is 7.55. The molecule has 0 saturated carbocycles. The normalized spacial score (nSPS) is 13.7. The molecule has 0 spiro atoms.